The fourth-order valence-electron chi connectivity index (χ4n) is 5.97. The van der Waals surface area contributed by atoms with Crippen LogP contribution in [0.3, 0.4) is 0 Å². The number of alkyl halides is 3. The average Bonchev–Trinajstić information content (AvgIpc) is 3.47. The molecule has 1 N–H and O–H groups in total. The maximum atomic E-state index is 13.9. The smallest absolute Gasteiger partial charge is 0.325 e. The van der Waals surface area contributed by atoms with Crippen LogP contribution in [0.4, 0.5) is 28.9 Å². The van der Waals surface area contributed by atoms with Crippen LogP contribution in [-0.2, 0) is 27.1 Å². The van der Waals surface area contributed by atoms with E-state index in [1.807, 2.05) is 30.3 Å². The van der Waals surface area contributed by atoms with Gasteiger partial charge in [0.1, 0.15) is 17.6 Å². The summed E-state index contributed by atoms with van der Waals surface area (Å²) in [6, 6.07) is 22.2. The summed E-state index contributed by atoms with van der Waals surface area (Å²) in [6.07, 6.45) is -4.70. The van der Waals surface area contributed by atoms with Gasteiger partial charge in [-0.05, 0) is 58.8 Å². The zero-order valence-electron chi connectivity index (χ0n) is 23.5. The van der Waals surface area contributed by atoms with Gasteiger partial charge in [0, 0.05) is 16.5 Å². The standard InChI is InChI=1S/C33H21F4N3O4S2/c34-21-11-8-18(9-12-21)25-26-27(30(43)40(29(26)42)23-7-3-6-20(15-23)33(35,36)37)45-31-28(25)46-32(44)39(31)16-24(41)38-22-13-10-17-4-1-2-5-19(17)14-22/h1-15,25-27H,16H2,(H,38,41). The van der Waals surface area contributed by atoms with Crippen LogP contribution in [-0.4, -0.2) is 27.5 Å². The van der Waals surface area contributed by atoms with E-state index >= 15 is 0 Å². The first kappa shape index (κ1) is 29.9. The number of imide groups is 1. The lowest BCUT2D eigenvalue weighted by Crippen LogP contribution is -2.33. The minimum absolute atomic E-state index is 0.229. The summed E-state index contributed by atoms with van der Waals surface area (Å²) in [6.45, 7) is -0.391. The molecule has 232 valence electrons. The van der Waals surface area contributed by atoms with Crippen LogP contribution in [0.25, 0.3) is 10.8 Å². The average molecular weight is 664 g/mol. The Morgan fingerprint density at radius 3 is 2.33 bits per heavy atom. The second-order valence-electron chi connectivity index (χ2n) is 10.9. The van der Waals surface area contributed by atoms with Gasteiger partial charge in [-0.3, -0.25) is 23.7 Å². The summed E-state index contributed by atoms with van der Waals surface area (Å²) in [7, 11) is 0. The first-order valence-electron chi connectivity index (χ1n) is 14.0. The number of carbonyl (C=O) groups excluding carboxylic acids is 3. The van der Waals surface area contributed by atoms with Crippen LogP contribution >= 0.6 is 23.1 Å². The molecule has 2 aliphatic rings. The van der Waals surface area contributed by atoms with Crippen molar-refractivity contribution in [2.75, 3.05) is 10.2 Å². The van der Waals surface area contributed by atoms with Crippen molar-refractivity contribution in [1.82, 2.24) is 4.57 Å². The lowest BCUT2D eigenvalue weighted by Gasteiger charge is -2.30. The summed E-state index contributed by atoms with van der Waals surface area (Å²) in [5.74, 6) is -4.51. The molecule has 3 amide bonds. The zero-order chi connectivity index (χ0) is 32.3. The molecule has 3 atom stereocenters. The Morgan fingerprint density at radius 1 is 0.848 bits per heavy atom. The van der Waals surface area contributed by atoms with Gasteiger partial charge in [0.05, 0.1) is 22.2 Å². The Kier molecular flexibility index (Phi) is 7.32. The third kappa shape index (κ3) is 5.18. The van der Waals surface area contributed by atoms with E-state index < -0.39 is 63.8 Å². The number of nitrogens with zero attached hydrogens (tertiary/aromatic N) is 2. The highest BCUT2D eigenvalue weighted by atomic mass is 32.2. The molecule has 0 saturated carbocycles. The SMILES string of the molecule is O=C(Cn1c2c(sc1=O)C(c1ccc(F)cc1)C1C(=O)N(c3cccc(C(F)(F)F)c3)C(=O)C1S2)Nc1ccc2ccccc2c1. The number of nitrogens with one attached hydrogen (secondary N) is 1. The summed E-state index contributed by atoms with van der Waals surface area (Å²) >= 11 is 1.74. The summed E-state index contributed by atoms with van der Waals surface area (Å²) in [5.41, 5.74) is -0.285. The third-order valence-corrected chi connectivity index (χ3v) is 10.6. The Morgan fingerprint density at radius 2 is 1.59 bits per heavy atom. The normalized spacial score (nSPS) is 19.3. The summed E-state index contributed by atoms with van der Waals surface area (Å²) in [4.78, 5) is 55.0. The number of hydrogen-bond acceptors (Lipinski definition) is 6. The van der Waals surface area contributed by atoms with Crippen LogP contribution in [0.5, 0.6) is 0 Å². The molecule has 7 rings (SSSR count). The largest absolute Gasteiger partial charge is 0.416 e. The predicted octanol–water partition coefficient (Wildman–Crippen LogP) is 6.66. The van der Waals surface area contributed by atoms with Crippen LogP contribution in [0.2, 0.25) is 0 Å². The molecule has 3 unspecified atom stereocenters. The number of amides is 3. The number of carbonyl (C=O) groups is 3. The molecule has 5 aromatic rings. The van der Waals surface area contributed by atoms with Gasteiger partial charge in [-0.1, -0.05) is 71.6 Å². The van der Waals surface area contributed by atoms with Gasteiger partial charge >= 0.3 is 11.0 Å². The first-order chi connectivity index (χ1) is 22.0. The topological polar surface area (TPSA) is 88.5 Å². The van der Waals surface area contributed by atoms with Gasteiger partial charge in [0.15, 0.2) is 0 Å². The van der Waals surface area contributed by atoms with Crippen molar-refractivity contribution in [2.45, 2.75) is 28.9 Å². The molecule has 0 radical (unpaired) electrons. The monoisotopic (exact) mass is 663 g/mol. The van der Waals surface area contributed by atoms with E-state index in [4.69, 9.17) is 0 Å². The van der Waals surface area contributed by atoms with Crippen molar-refractivity contribution in [3.8, 4) is 0 Å². The number of fused-ring (bicyclic) bond motifs is 3. The highest BCUT2D eigenvalue weighted by Gasteiger charge is 2.57. The second-order valence-corrected chi connectivity index (χ2v) is 13.0. The molecule has 0 bridgehead atoms. The molecule has 13 heteroatoms. The lowest BCUT2D eigenvalue weighted by molar-refractivity contribution is -0.137. The Bertz CT molecular complexity index is 2110. The van der Waals surface area contributed by atoms with Gasteiger partial charge in [-0.2, -0.15) is 13.2 Å². The van der Waals surface area contributed by atoms with Crippen molar-refractivity contribution < 1.29 is 31.9 Å². The quantitative estimate of drug-likeness (QED) is 0.168. The molecule has 0 spiro atoms. The van der Waals surface area contributed by atoms with Gasteiger partial charge in [0.2, 0.25) is 17.7 Å². The van der Waals surface area contributed by atoms with Crippen LogP contribution < -0.4 is 15.1 Å². The maximum absolute atomic E-state index is 13.9. The Balaban J connectivity index is 1.26. The molecule has 3 heterocycles. The molecular weight excluding hydrogens is 643 g/mol. The van der Waals surface area contributed by atoms with Gasteiger partial charge in [0.25, 0.3) is 0 Å². The molecule has 4 aromatic carbocycles. The minimum atomic E-state index is -4.70. The molecule has 1 fully saturated rings. The van der Waals surface area contributed by atoms with Gasteiger partial charge < -0.3 is 5.32 Å². The van der Waals surface area contributed by atoms with Crippen molar-refractivity contribution in [1.29, 1.82) is 0 Å². The van der Waals surface area contributed by atoms with E-state index in [9.17, 15) is 36.7 Å². The van der Waals surface area contributed by atoms with Gasteiger partial charge in [-0.15, -0.1) is 0 Å². The Hall–Kier alpha value is -4.75. The number of hydrogen-bond donors (Lipinski definition) is 1. The molecule has 46 heavy (non-hydrogen) atoms. The number of thioether (sulfide) groups is 1. The lowest BCUT2D eigenvalue weighted by atomic mass is 9.83. The van der Waals surface area contributed by atoms with E-state index in [1.165, 1.54) is 34.9 Å². The fourth-order valence-corrected chi connectivity index (χ4v) is 8.74. The summed E-state index contributed by atoms with van der Waals surface area (Å²) in [5, 5.41) is 3.87. The first-order valence-corrected chi connectivity index (χ1v) is 15.7. The molecular formula is C33H21F4N3O4S2. The molecule has 1 saturated heterocycles. The number of rotatable bonds is 5. The Labute approximate surface area is 266 Å². The summed E-state index contributed by atoms with van der Waals surface area (Å²) < 4.78 is 55.7. The van der Waals surface area contributed by atoms with Gasteiger partial charge in [-0.25, -0.2) is 9.29 Å². The van der Waals surface area contributed by atoms with Crippen LogP contribution in [0, 0.1) is 11.7 Å². The van der Waals surface area contributed by atoms with E-state index in [2.05, 4.69) is 5.32 Å². The van der Waals surface area contributed by atoms with Crippen molar-refractivity contribution >= 4 is 63.0 Å². The van der Waals surface area contributed by atoms with Crippen molar-refractivity contribution in [2.24, 2.45) is 5.92 Å². The predicted molar refractivity (Wildman–Crippen MR) is 166 cm³/mol. The maximum Gasteiger partial charge on any atom is 0.416 e. The van der Waals surface area contributed by atoms with Crippen LogP contribution in [0.1, 0.15) is 21.9 Å². The molecule has 1 aromatic heterocycles. The number of anilines is 2. The van der Waals surface area contributed by atoms with Crippen molar-refractivity contribution in [3.63, 3.8) is 0 Å². The van der Waals surface area contributed by atoms with Crippen LogP contribution in [0.15, 0.2) is 101 Å². The van der Waals surface area contributed by atoms with Crippen molar-refractivity contribution in [3.05, 3.63) is 122 Å². The molecule has 7 nitrogen and oxygen atoms in total. The number of benzene rings is 4. The second kappa shape index (κ2) is 11.2. The highest BCUT2D eigenvalue weighted by molar-refractivity contribution is 8.00. The number of thiazole rings is 1. The van der Waals surface area contributed by atoms with E-state index in [0.717, 1.165) is 57.0 Å². The van der Waals surface area contributed by atoms with E-state index in [0.29, 0.717) is 21.2 Å². The number of aromatic nitrogens is 1. The minimum Gasteiger partial charge on any atom is -0.325 e. The number of halogens is 4. The molecule has 2 aliphatic heterocycles. The zero-order valence-corrected chi connectivity index (χ0v) is 25.1. The van der Waals surface area contributed by atoms with E-state index in [1.54, 1.807) is 12.1 Å². The van der Waals surface area contributed by atoms with E-state index in [-0.39, 0.29) is 5.69 Å². The molecule has 0 aliphatic carbocycles. The third-order valence-electron chi connectivity index (χ3n) is 8.05. The fraction of sp³-hybridized carbons (Fsp3) is 0.152. The highest BCUT2D eigenvalue weighted by Crippen LogP contribution is 2.54.